The van der Waals surface area contributed by atoms with Gasteiger partial charge in [0.05, 0.1) is 12.7 Å². The molecule has 0 saturated carbocycles. The van der Waals surface area contributed by atoms with Gasteiger partial charge in [-0.1, -0.05) is 20.8 Å². The Hall–Kier alpha value is -0.0800. The molecule has 0 bridgehead atoms. The standard InChI is InChI=1S/C9H17O2/c1-7-6-10-8(11-7)5-9(2,3)4/h7-8H,1,5-6H2,2-4H3. The summed E-state index contributed by atoms with van der Waals surface area (Å²) < 4.78 is 10.8. The van der Waals surface area contributed by atoms with Crippen molar-refractivity contribution in [2.24, 2.45) is 5.41 Å². The number of ether oxygens (including phenoxy) is 2. The van der Waals surface area contributed by atoms with E-state index in [1.165, 1.54) is 0 Å². The minimum absolute atomic E-state index is 0.0300. The molecule has 1 aliphatic heterocycles. The van der Waals surface area contributed by atoms with E-state index in [0.29, 0.717) is 6.61 Å². The average Bonchev–Trinajstić information content (AvgIpc) is 2.10. The summed E-state index contributed by atoms with van der Waals surface area (Å²) in [4.78, 5) is 0. The SMILES string of the molecule is [CH2]C1COC(CC(C)(C)C)O1. The first kappa shape index (κ1) is 9.01. The van der Waals surface area contributed by atoms with Gasteiger partial charge < -0.3 is 9.47 Å². The summed E-state index contributed by atoms with van der Waals surface area (Å²) in [6, 6.07) is 0. The molecule has 2 atom stereocenters. The first-order valence-corrected chi connectivity index (χ1v) is 4.07. The lowest BCUT2D eigenvalue weighted by Gasteiger charge is -2.21. The highest BCUT2D eigenvalue weighted by Crippen LogP contribution is 2.26. The fourth-order valence-electron chi connectivity index (χ4n) is 1.11. The predicted octanol–water partition coefficient (Wildman–Crippen LogP) is 2.00. The van der Waals surface area contributed by atoms with E-state index in [0.717, 1.165) is 6.42 Å². The Labute approximate surface area is 68.9 Å². The molecular formula is C9H17O2. The summed E-state index contributed by atoms with van der Waals surface area (Å²) in [5.41, 5.74) is 0.273. The number of rotatable bonds is 1. The van der Waals surface area contributed by atoms with Gasteiger partial charge in [-0.2, -0.15) is 0 Å². The molecule has 0 aromatic heterocycles. The topological polar surface area (TPSA) is 18.5 Å². The van der Waals surface area contributed by atoms with Gasteiger partial charge in [-0.05, 0) is 12.3 Å². The molecule has 0 amide bonds. The summed E-state index contributed by atoms with van der Waals surface area (Å²) in [5.74, 6) is 0. The average molecular weight is 157 g/mol. The Morgan fingerprint density at radius 3 is 2.45 bits per heavy atom. The van der Waals surface area contributed by atoms with Gasteiger partial charge in [-0.25, -0.2) is 0 Å². The van der Waals surface area contributed by atoms with Crippen LogP contribution >= 0.6 is 0 Å². The molecule has 1 aliphatic rings. The molecule has 1 rings (SSSR count). The zero-order valence-electron chi connectivity index (χ0n) is 7.59. The summed E-state index contributed by atoms with van der Waals surface area (Å²) in [6.45, 7) is 10.9. The van der Waals surface area contributed by atoms with Crippen LogP contribution in [0.5, 0.6) is 0 Å². The molecule has 0 aliphatic carbocycles. The van der Waals surface area contributed by atoms with E-state index >= 15 is 0 Å². The molecule has 1 saturated heterocycles. The van der Waals surface area contributed by atoms with E-state index in [2.05, 4.69) is 27.7 Å². The van der Waals surface area contributed by atoms with Crippen molar-refractivity contribution >= 4 is 0 Å². The van der Waals surface area contributed by atoms with Gasteiger partial charge in [0.2, 0.25) is 0 Å². The zero-order chi connectivity index (χ0) is 8.48. The maximum absolute atomic E-state index is 5.40. The van der Waals surface area contributed by atoms with E-state index in [1.54, 1.807) is 0 Å². The molecule has 0 aromatic rings. The van der Waals surface area contributed by atoms with Crippen LogP contribution in [0.15, 0.2) is 0 Å². The molecule has 0 spiro atoms. The molecule has 65 valence electrons. The quantitative estimate of drug-likeness (QED) is 0.579. The van der Waals surface area contributed by atoms with Gasteiger partial charge >= 0.3 is 0 Å². The van der Waals surface area contributed by atoms with Crippen LogP contribution in [0.1, 0.15) is 27.2 Å². The largest absolute Gasteiger partial charge is 0.350 e. The van der Waals surface area contributed by atoms with Gasteiger partial charge in [-0.15, -0.1) is 0 Å². The van der Waals surface area contributed by atoms with Gasteiger partial charge in [-0.3, -0.25) is 0 Å². The van der Waals surface area contributed by atoms with Gasteiger partial charge in [0.1, 0.15) is 0 Å². The highest BCUT2D eigenvalue weighted by Gasteiger charge is 2.26. The first-order chi connectivity index (χ1) is 4.97. The molecule has 2 heteroatoms. The first-order valence-electron chi connectivity index (χ1n) is 4.07. The maximum atomic E-state index is 5.40. The second kappa shape index (κ2) is 3.11. The van der Waals surface area contributed by atoms with Crippen LogP contribution in [0.3, 0.4) is 0 Å². The Bertz CT molecular complexity index is 126. The van der Waals surface area contributed by atoms with E-state index in [9.17, 15) is 0 Å². The zero-order valence-corrected chi connectivity index (χ0v) is 7.59. The van der Waals surface area contributed by atoms with Crippen LogP contribution in [0, 0.1) is 12.3 Å². The van der Waals surface area contributed by atoms with Crippen LogP contribution in [0.4, 0.5) is 0 Å². The molecule has 2 unspecified atom stereocenters. The fraction of sp³-hybridized carbons (Fsp3) is 0.889. The minimum atomic E-state index is -0.0301. The second-order valence-corrected chi connectivity index (χ2v) is 4.29. The summed E-state index contributed by atoms with van der Waals surface area (Å²) >= 11 is 0. The van der Waals surface area contributed by atoms with Crippen molar-refractivity contribution in [2.45, 2.75) is 39.6 Å². The maximum Gasteiger partial charge on any atom is 0.158 e. The third-order valence-corrected chi connectivity index (χ3v) is 1.59. The van der Waals surface area contributed by atoms with Crippen LogP contribution in [0.2, 0.25) is 0 Å². The van der Waals surface area contributed by atoms with E-state index < -0.39 is 0 Å². The van der Waals surface area contributed by atoms with E-state index in [-0.39, 0.29) is 17.8 Å². The third-order valence-electron chi connectivity index (χ3n) is 1.59. The minimum Gasteiger partial charge on any atom is -0.350 e. The highest BCUT2D eigenvalue weighted by molar-refractivity contribution is 4.71. The van der Waals surface area contributed by atoms with Crippen molar-refractivity contribution in [3.8, 4) is 0 Å². The normalized spacial score (nSPS) is 32.7. The molecule has 1 radical (unpaired) electrons. The Morgan fingerprint density at radius 2 is 2.09 bits per heavy atom. The highest BCUT2D eigenvalue weighted by atomic mass is 16.7. The van der Waals surface area contributed by atoms with Gasteiger partial charge in [0.15, 0.2) is 6.29 Å². The molecule has 0 N–H and O–H groups in total. The second-order valence-electron chi connectivity index (χ2n) is 4.29. The lowest BCUT2D eigenvalue weighted by molar-refractivity contribution is -0.0737. The predicted molar refractivity (Wildman–Crippen MR) is 44.0 cm³/mol. The summed E-state index contributed by atoms with van der Waals surface area (Å²) in [5, 5.41) is 0. The third kappa shape index (κ3) is 3.21. The van der Waals surface area contributed by atoms with Crippen molar-refractivity contribution in [3.63, 3.8) is 0 Å². The lowest BCUT2D eigenvalue weighted by atomic mass is 9.92. The monoisotopic (exact) mass is 157 g/mol. The van der Waals surface area contributed by atoms with Crippen molar-refractivity contribution in [2.75, 3.05) is 6.61 Å². The van der Waals surface area contributed by atoms with Crippen LogP contribution in [-0.2, 0) is 9.47 Å². The Balaban J connectivity index is 2.29. The molecular weight excluding hydrogens is 140 g/mol. The summed E-state index contributed by atoms with van der Waals surface area (Å²) in [7, 11) is 0. The van der Waals surface area contributed by atoms with Crippen LogP contribution in [0.25, 0.3) is 0 Å². The number of hydrogen-bond acceptors (Lipinski definition) is 2. The van der Waals surface area contributed by atoms with Crippen molar-refractivity contribution < 1.29 is 9.47 Å². The van der Waals surface area contributed by atoms with Crippen molar-refractivity contribution in [3.05, 3.63) is 6.92 Å². The number of hydrogen-bond donors (Lipinski definition) is 0. The molecule has 11 heavy (non-hydrogen) atoms. The van der Waals surface area contributed by atoms with Crippen molar-refractivity contribution in [1.82, 2.24) is 0 Å². The van der Waals surface area contributed by atoms with Crippen LogP contribution in [-0.4, -0.2) is 19.0 Å². The molecule has 1 heterocycles. The molecule has 2 nitrogen and oxygen atoms in total. The van der Waals surface area contributed by atoms with Gasteiger partial charge in [0.25, 0.3) is 0 Å². The van der Waals surface area contributed by atoms with E-state index in [4.69, 9.17) is 9.47 Å². The molecule has 0 aromatic carbocycles. The molecule has 1 fully saturated rings. The smallest absolute Gasteiger partial charge is 0.158 e. The lowest BCUT2D eigenvalue weighted by Crippen LogP contribution is -2.18. The van der Waals surface area contributed by atoms with E-state index in [1.807, 2.05) is 0 Å². The van der Waals surface area contributed by atoms with Crippen LogP contribution < -0.4 is 0 Å². The Morgan fingerprint density at radius 1 is 1.45 bits per heavy atom. The summed E-state index contributed by atoms with van der Waals surface area (Å²) in [6.07, 6.45) is 0.943. The van der Waals surface area contributed by atoms with Gasteiger partial charge in [0, 0.05) is 6.42 Å². The Kier molecular flexibility index (Phi) is 2.55. The van der Waals surface area contributed by atoms with Crippen molar-refractivity contribution in [1.29, 1.82) is 0 Å². The fourth-order valence-corrected chi connectivity index (χ4v) is 1.11.